The van der Waals surface area contributed by atoms with E-state index < -0.39 is 6.10 Å². The van der Waals surface area contributed by atoms with E-state index >= 15 is 0 Å². The van der Waals surface area contributed by atoms with Crippen molar-refractivity contribution < 1.29 is 5.11 Å². The molecular formula is C18H23NO. The fraction of sp³-hybridized carbons (Fsp3) is 0.333. The second-order valence-electron chi connectivity index (χ2n) is 5.38. The summed E-state index contributed by atoms with van der Waals surface area (Å²) in [5, 5.41) is 10.5. The molecule has 0 heterocycles. The summed E-state index contributed by atoms with van der Waals surface area (Å²) in [4.78, 5) is 2.05. The molecule has 2 rings (SSSR count). The minimum absolute atomic E-state index is 0.553. The van der Waals surface area contributed by atoms with Gasteiger partial charge in [-0.05, 0) is 35.2 Å². The van der Waals surface area contributed by atoms with Crippen LogP contribution in [0.3, 0.4) is 0 Å². The van der Waals surface area contributed by atoms with Crippen molar-refractivity contribution in [2.24, 2.45) is 0 Å². The number of nitrogens with zero attached hydrogens (tertiary/aromatic N) is 1. The highest BCUT2D eigenvalue weighted by Gasteiger charge is 2.11. The standard InChI is InChI=1S/C18H23NO/c1-4-6-14-7-5-8-16(13-14)18(20)15-9-11-17(12-10-15)19(2)3/h5,7-13,18,20H,4,6H2,1-3H3. The van der Waals surface area contributed by atoms with Crippen molar-refractivity contribution in [2.75, 3.05) is 19.0 Å². The first-order valence-corrected chi connectivity index (χ1v) is 7.16. The monoisotopic (exact) mass is 269 g/mol. The Morgan fingerprint density at radius 1 is 1.00 bits per heavy atom. The molecule has 1 atom stereocenters. The van der Waals surface area contributed by atoms with Crippen molar-refractivity contribution in [1.29, 1.82) is 0 Å². The highest BCUT2D eigenvalue weighted by Crippen LogP contribution is 2.24. The number of hydrogen-bond donors (Lipinski definition) is 1. The molecule has 0 radical (unpaired) electrons. The fourth-order valence-corrected chi connectivity index (χ4v) is 2.35. The van der Waals surface area contributed by atoms with Crippen LogP contribution in [0.2, 0.25) is 0 Å². The molecule has 0 spiro atoms. The van der Waals surface area contributed by atoms with Crippen LogP contribution in [0.5, 0.6) is 0 Å². The first kappa shape index (κ1) is 14.6. The Hall–Kier alpha value is -1.80. The van der Waals surface area contributed by atoms with Crippen molar-refractivity contribution in [1.82, 2.24) is 0 Å². The maximum atomic E-state index is 10.5. The summed E-state index contributed by atoms with van der Waals surface area (Å²) in [5.74, 6) is 0. The zero-order valence-corrected chi connectivity index (χ0v) is 12.5. The maximum Gasteiger partial charge on any atom is 0.104 e. The molecule has 1 N–H and O–H groups in total. The van der Waals surface area contributed by atoms with Gasteiger partial charge >= 0.3 is 0 Å². The molecule has 0 aliphatic rings. The summed E-state index contributed by atoms with van der Waals surface area (Å²) in [6.07, 6.45) is 1.63. The van der Waals surface area contributed by atoms with Crippen LogP contribution >= 0.6 is 0 Å². The van der Waals surface area contributed by atoms with Crippen LogP contribution in [0, 0.1) is 0 Å². The molecule has 20 heavy (non-hydrogen) atoms. The minimum atomic E-state index is -0.553. The normalized spacial score (nSPS) is 12.2. The molecule has 0 aromatic heterocycles. The molecule has 0 amide bonds. The first-order chi connectivity index (χ1) is 9.61. The number of aliphatic hydroxyl groups is 1. The lowest BCUT2D eigenvalue weighted by molar-refractivity contribution is 0.220. The zero-order valence-electron chi connectivity index (χ0n) is 12.5. The third kappa shape index (κ3) is 3.40. The highest BCUT2D eigenvalue weighted by molar-refractivity contribution is 5.47. The largest absolute Gasteiger partial charge is 0.384 e. The number of hydrogen-bond acceptors (Lipinski definition) is 2. The average Bonchev–Trinajstić information content (AvgIpc) is 2.47. The summed E-state index contributed by atoms with van der Waals surface area (Å²) < 4.78 is 0. The van der Waals surface area contributed by atoms with Crippen LogP contribution < -0.4 is 4.90 Å². The molecule has 0 saturated carbocycles. The zero-order chi connectivity index (χ0) is 14.5. The van der Waals surface area contributed by atoms with E-state index in [1.54, 1.807) is 0 Å². The summed E-state index contributed by atoms with van der Waals surface area (Å²) in [6, 6.07) is 16.3. The van der Waals surface area contributed by atoms with Crippen LogP contribution in [0.1, 0.15) is 36.1 Å². The van der Waals surface area contributed by atoms with E-state index in [2.05, 4.69) is 24.0 Å². The van der Waals surface area contributed by atoms with Crippen LogP contribution in [0.15, 0.2) is 48.5 Å². The summed E-state index contributed by atoms with van der Waals surface area (Å²) >= 11 is 0. The van der Waals surface area contributed by atoms with Gasteiger partial charge < -0.3 is 10.0 Å². The molecule has 2 aromatic carbocycles. The average molecular weight is 269 g/mol. The number of benzene rings is 2. The lowest BCUT2D eigenvalue weighted by Crippen LogP contribution is -2.08. The Morgan fingerprint density at radius 2 is 1.70 bits per heavy atom. The molecule has 2 aromatic rings. The Kier molecular flexibility index (Phi) is 4.80. The number of anilines is 1. The van der Waals surface area contributed by atoms with E-state index in [9.17, 15) is 5.11 Å². The summed E-state index contributed by atoms with van der Waals surface area (Å²) in [5.41, 5.74) is 4.33. The van der Waals surface area contributed by atoms with Crippen molar-refractivity contribution >= 4 is 5.69 Å². The van der Waals surface area contributed by atoms with Gasteiger partial charge in [0.2, 0.25) is 0 Å². The highest BCUT2D eigenvalue weighted by atomic mass is 16.3. The van der Waals surface area contributed by atoms with Gasteiger partial charge in [-0.25, -0.2) is 0 Å². The first-order valence-electron chi connectivity index (χ1n) is 7.16. The predicted molar refractivity (Wildman–Crippen MR) is 85.3 cm³/mol. The lowest BCUT2D eigenvalue weighted by atomic mass is 9.98. The molecule has 1 unspecified atom stereocenters. The van der Waals surface area contributed by atoms with E-state index in [-0.39, 0.29) is 0 Å². The SMILES string of the molecule is CCCc1cccc(C(O)c2ccc(N(C)C)cc2)c1. The molecule has 2 heteroatoms. The van der Waals surface area contributed by atoms with Gasteiger partial charge in [-0.15, -0.1) is 0 Å². The van der Waals surface area contributed by atoms with Crippen LogP contribution in [0.25, 0.3) is 0 Å². The topological polar surface area (TPSA) is 23.5 Å². The predicted octanol–water partition coefficient (Wildman–Crippen LogP) is 3.79. The van der Waals surface area contributed by atoms with Gasteiger partial charge in [0.1, 0.15) is 6.10 Å². The molecule has 0 fully saturated rings. The molecule has 0 aliphatic heterocycles. The van der Waals surface area contributed by atoms with Gasteiger partial charge in [0, 0.05) is 19.8 Å². The van der Waals surface area contributed by atoms with Crippen molar-refractivity contribution in [3.05, 3.63) is 65.2 Å². The van der Waals surface area contributed by atoms with Gasteiger partial charge in [0.15, 0.2) is 0 Å². The molecule has 0 bridgehead atoms. The van der Waals surface area contributed by atoms with E-state index in [4.69, 9.17) is 0 Å². The van der Waals surface area contributed by atoms with E-state index in [1.807, 2.05) is 50.5 Å². The molecule has 106 valence electrons. The third-order valence-corrected chi connectivity index (χ3v) is 3.53. The Bertz CT molecular complexity index is 546. The second kappa shape index (κ2) is 6.58. The minimum Gasteiger partial charge on any atom is -0.384 e. The van der Waals surface area contributed by atoms with Gasteiger partial charge in [-0.1, -0.05) is 49.7 Å². The van der Waals surface area contributed by atoms with Gasteiger partial charge in [-0.2, -0.15) is 0 Å². The quantitative estimate of drug-likeness (QED) is 0.892. The Balaban J connectivity index is 2.21. The van der Waals surface area contributed by atoms with Gasteiger partial charge in [-0.3, -0.25) is 0 Å². The van der Waals surface area contributed by atoms with Gasteiger partial charge in [0.05, 0.1) is 0 Å². The molecule has 0 aliphatic carbocycles. The number of aryl methyl sites for hydroxylation is 1. The van der Waals surface area contributed by atoms with E-state index in [1.165, 1.54) is 5.56 Å². The van der Waals surface area contributed by atoms with E-state index in [0.29, 0.717) is 0 Å². The van der Waals surface area contributed by atoms with Crippen LogP contribution in [-0.2, 0) is 6.42 Å². The van der Waals surface area contributed by atoms with Crippen LogP contribution in [0.4, 0.5) is 5.69 Å². The number of aliphatic hydroxyl groups excluding tert-OH is 1. The maximum absolute atomic E-state index is 10.5. The second-order valence-corrected chi connectivity index (χ2v) is 5.38. The van der Waals surface area contributed by atoms with Crippen LogP contribution in [-0.4, -0.2) is 19.2 Å². The fourth-order valence-electron chi connectivity index (χ4n) is 2.35. The van der Waals surface area contributed by atoms with Crippen molar-refractivity contribution in [2.45, 2.75) is 25.9 Å². The molecular weight excluding hydrogens is 246 g/mol. The van der Waals surface area contributed by atoms with Crippen molar-refractivity contribution in [3.8, 4) is 0 Å². The Morgan fingerprint density at radius 3 is 2.30 bits per heavy atom. The lowest BCUT2D eigenvalue weighted by Gasteiger charge is -2.16. The third-order valence-electron chi connectivity index (χ3n) is 3.53. The molecule has 0 saturated heterocycles. The smallest absolute Gasteiger partial charge is 0.104 e. The summed E-state index contributed by atoms with van der Waals surface area (Å²) in [6.45, 7) is 2.17. The van der Waals surface area contributed by atoms with E-state index in [0.717, 1.165) is 29.7 Å². The Labute approximate surface area is 121 Å². The van der Waals surface area contributed by atoms with Gasteiger partial charge in [0.25, 0.3) is 0 Å². The van der Waals surface area contributed by atoms with Crippen molar-refractivity contribution in [3.63, 3.8) is 0 Å². The molecule has 2 nitrogen and oxygen atoms in total. The number of rotatable bonds is 5. The summed E-state index contributed by atoms with van der Waals surface area (Å²) in [7, 11) is 4.03.